The van der Waals surface area contributed by atoms with Gasteiger partial charge in [-0.3, -0.25) is 0 Å². The van der Waals surface area contributed by atoms with Crippen molar-refractivity contribution in [2.24, 2.45) is 5.73 Å². The molecular weight excluding hydrogens is 350 g/mol. The van der Waals surface area contributed by atoms with Gasteiger partial charge in [0.1, 0.15) is 6.61 Å². The summed E-state index contributed by atoms with van der Waals surface area (Å²) in [4.78, 5) is 0. The van der Waals surface area contributed by atoms with Gasteiger partial charge < -0.3 is 20.3 Å². The van der Waals surface area contributed by atoms with E-state index in [1.165, 1.54) is 0 Å². The van der Waals surface area contributed by atoms with Gasteiger partial charge in [0.15, 0.2) is 11.5 Å². The summed E-state index contributed by atoms with van der Waals surface area (Å²) in [6, 6.07) is 24.9. The quantitative estimate of drug-likeness (QED) is 0.585. The number of aliphatic hydroxyl groups is 1. The molecule has 3 aromatic carbocycles. The summed E-state index contributed by atoms with van der Waals surface area (Å²) in [5, 5.41) is 10.6. The highest BCUT2D eigenvalue weighted by atomic mass is 16.5. The lowest BCUT2D eigenvalue weighted by molar-refractivity contribution is 0.145. The molecule has 3 aromatic rings. The highest BCUT2D eigenvalue weighted by Crippen LogP contribution is 2.32. The average Bonchev–Trinajstić information content (AvgIpc) is 2.74. The molecule has 0 fully saturated rings. The maximum atomic E-state index is 10.6. The Morgan fingerprint density at radius 3 is 2.11 bits per heavy atom. The Morgan fingerprint density at radius 2 is 1.46 bits per heavy atom. The van der Waals surface area contributed by atoms with Gasteiger partial charge >= 0.3 is 0 Å². The smallest absolute Gasteiger partial charge is 0.161 e. The van der Waals surface area contributed by atoms with Gasteiger partial charge in [-0.1, -0.05) is 66.7 Å². The third-order valence-corrected chi connectivity index (χ3v) is 4.59. The Labute approximate surface area is 166 Å². The van der Waals surface area contributed by atoms with Gasteiger partial charge in [-0.25, -0.2) is 0 Å². The van der Waals surface area contributed by atoms with Gasteiger partial charge in [-0.15, -0.1) is 0 Å². The molecule has 146 valence electrons. The maximum Gasteiger partial charge on any atom is 0.161 e. The maximum absolute atomic E-state index is 10.6. The van der Waals surface area contributed by atoms with Crippen molar-refractivity contribution in [1.29, 1.82) is 0 Å². The predicted molar refractivity (Wildman–Crippen MR) is 111 cm³/mol. The zero-order valence-corrected chi connectivity index (χ0v) is 16.1. The van der Waals surface area contributed by atoms with Gasteiger partial charge in [0, 0.05) is 6.42 Å². The van der Waals surface area contributed by atoms with Crippen LogP contribution in [0, 0.1) is 0 Å². The highest BCUT2D eigenvalue weighted by Gasteiger charge is 2.19. The van der Waals surface area contributed by atoms with Crippen LogP contribution in [0.3, 0.4) is 0 Å². The molecule has 4 heteroatoms. The van der Waals surface area contributed by atoms with Gasteiger partial charge in [0.25, 0.3) is 0 Å². The molecule has 0 aliphatic carbocycles. The van der Waals surface area contributed by atoms with E-state index in [9.17, 15) is 5.11 Å². The lowest BCUT2D eigenvalue weighted by Gasteiger charge is -2.21. The molecule has 3 N–H and O–H groups in total. The number of hydrogen-bond donors (Lipinski definition) is 2. The van der Waals surface area contributed by atoms with Crippen molar-refractivity contribution in [3.63, 3.8) is 0 Å². The Hall–Kier alpha value is -2.82. The molecular formula is C24H27NO3. The molecule has 0 saturated heterocycles. The molecule has 0 heterocycles. The Morgan fingerprint density at radius 1 is 0.821 bits per heavy atom. The zero-order chi connectivity index (χ0) is 19.8. The first-order chi connectivity index (χ1) is 13.7. The SMILES string of the molecule is CCOc1cc([C@H](N)[C@H](O)Cc2ccccc2)ccc1OCc1ccccc1. The molecule has 3 rings (SSSR count). The van der Waals surface area contributed by atoms with E-state index in [2.05, 4.69) is 0 Å². The van der Waals surface area contributed by atoms with E-state index in [1.54, 1.807) is 0 Å². The summed E-state index contributed by atoms with van der Waals surface area (Å²) < 4.78 is 11.7. The molecule has 0 aliphatic heterocycles. The van der Waals surface area contributed by atoms with Crippen LogP contribution in [-0.2, 0) is 13.0 Å². The third kappa shape index (κ3) is 5.35. The molecule has 4 nitrogen and oxygen atoms in total. The van der Waals surface area contributed by atoms with E-state index in [0.29, 0.717) is 31.1 Å². The van der Waals surface area contributed by atoms with Gasteiger partial charge in [-0.05, 0) is 35.7 Å². The normalized spacial score (nSPS) is 13.0. The summed E-state index contributed by atoms with van der Waals surface area (Å²) in [7, 11) is 0. The largest absolute Gasteiger partial charge is 0.490 e. The number of rotatable bonds is 9. The molecule has 28 heavy (non-hydrogen) atoms. The number of aliphatic hydroxyl groups excluding tert-OH is 1. The fourth-order valence-electron chi connectivity index (χ4n) is 3.06. The summed E-state index contributed by atoms with van der Waals surface area (Å²) in [6.45, 7) is 2.91. The zero-order valence-electron chi connectivity index (χ0n) is 16.1. The molecule has 0 radical (unpaired) electrons. The summed E-state index contributed by atoms with van der Waals surface area (Å²) in [5.41, 5.74) is 9.28. The lowest BCUT2D eigenvalue weighted by atomic mass is 9.96. The third-order valence-electron chi connectivity index (χ3n) is 4.59. The molecule has 2 atom stereocenters. The number of hydrogen-bond acceptors (Lipinski definition) is 4. The topological polar surface area (TPSA) is 64.7 Å². The second-order valence-corrected chi connectivity index (χ2v) is 6.70. The van der Waals surface area contributed by atoms with E-state index in [-0.39, 0.29) is 0 Å². The minimum atomic E-state index is -0.687. The van der Waals surface area contributed by atoms with E-state index < -0.39 is 12.1 Å². The van der Waals surface area contributed by atoms with Crippen LogP contribution in [0.5, 0.6) is 11.5 Å². The van der Waals surface area contributed by atoms with Gasteiger partial charge in [-0.2, -0.15) is 0 Å². The molecule has 0 spiro atoms. The van der Waals surface area contributed by atoms with Crippen molar-refractivity contribution >= 4 is 0 Å². The van der Waals surface area contributed by atoms with Crippen LogP contribution in [0.15, 0.2) is 78.9 Å². The minimum Gasteiger partial charge on any atom is -0.490 e. The Kier molecular flexibility index (Phi) is 7.06. The van der Waals surface area contributed by atoms with E-state index in [4.69, 9.17) is 15.2 Å². The second-order valence-electron chi connectivity index (χ2n) is 6.70. The van der Waals surface area contributed by atoms with Gasteiger partial charge in [0.05, 0.1) is 18.8 Å². The van der Waals surface area contributed by atoms with Crippen LogP contribution in [0.25, 0.3) is 0 Å². The monoisotopic (exact) mass is 377 g/mol. The van der Waals surface area contributed by atoms with Crippen LogP contribution in [0.2, 0.25) is 0 Å². The van der Waals surface area contributed by atoms with Crippen molar-refractivity contribution in [2.75, 3.05) is 6.61 Å². The molecule has 0 unspecified atom stereocenters. The van der Waals surface area contributed by atoms with Crippen LogP contribution < -0.4 is 15.2 Å². The summed E-state index contributed by atoms with van der Waals surface area (Å²) in [5.74, 6) is 1.30. The lowest BCUT2D eigenvalue weighted by Crippen LogP contribution is -2.28. The van der Waals surface area contributed by atoms with Crippen molar-refractivity contribution in [1.82, 2.24) is 0 Å². The predicted octanol–water partition coefficient (Wildman–Crippen LogP) is 4.27. The van der Waals surface area contributed by atoms with Crippen molar-refractivity contribution in [3.05, 3.63) is 95.6 Å². The molecule has 0 saturated carbocycles. The molecule has 0 aliphatic rings. The van der Waals surface area contributed by atoms with Crippen LogP contribution >= 0.6 is 0 Å². The number of ether oxygens (including phenoxy) is 2. The average molecular weight is 377 g/mol. The Balaban J connectivity index is 1.71. The first kappa shape index (κ1) is 19.9. The number of nitrogens with two attached hydrogens (primary N) is 1. The van der Waals surface area contributed by atoms with Crippen molar-refractivity contribution in [3.8, 4) is 11.5 Å². The molecule has 0 bridgehead atoms. The second kappa shape index (κ2) is 9.93. The minimum absolute atomic E-state index is 0.461. The number of benzene rings is 3. The van der Waals surface area contributed by atoms with Crippen molar-refractivity contribution < 1.29 is 14.6 Å². The van der Waals surface area contributed by atoms with Crippen LogP contribution in [0.4, 0.5) is 0 Å². The highest BCUT2D eigenvalue weighted by molar-refractivity contribution is 5.44. The first-order valence-corrected chi connectivity index (χ1v) is 9.58. The summed E-state index contributed by atoms with van der Waals surface area (Å²) >= 11 is 0. The Bertz CT molecular complexity index is 852. The van der Waals surface area contributed by atoms with Crippen molar-refractivity contribution in [2.45, 2.75) is 32.1 Å². The van der Waals surface area contributed by atoms with E-state index >= 15 is 0 Å². The van der Waals surface area contributed by atoms with Crippen LogP contribution in [0.1, 0.15) is 29.7 Å². The standard InChI is InChI=1S/C24H27NO3/c1-2-27-23-16-20(24(25)21(26)15-18-9-5-3-6-10-18)13-14-22(23)28-17-19-11-7-4-8-12-19/h3-14,16,21,24,26H,2,15,17,25H2,1H3/t21-,24+/m1/s1. The molecule has 0 amide bonds. The fraction of sp³-hybridized carbons (Fsp3) is 0.250. The first-order valence-electron chi connectivity index (χ1n) is 9.58. The fourth-order valence-corrected chi connectivity index (χ4v) is 3.06. The summed E-state index contributed by atoms with van der Waals surface area (Å²) in [6.07, 6.45) is -0.189. The van der Waals surface area contributed by atoms with E-state index in [1.807, 2.05) is 85.8 Å². The van der Waals surface area contributed by atoms with Crippen LogP contribution in [-0.4, -0.2) is 17.8 Å². The van der Waals surface area contributed by atoms with E-state index in [0.717, 1.165) is 16.7 Å². The molecule has 0 aromatic heterocycles. The van der Waals surface area contributed by atoms with Gasteiger partial charge in [0.2, 0.25) is 0 Å².